The molecule has 0 aliphatic carbocycles. The van der Waals surface area contributed by atoms with Crippen molar-refractivity contribution in [2.45, 2.75) is 19.9 Å². The molecular formula is C14H16N4O4. The minimum absolute atomic E-state index is 0.146. The number of nitro groups is 1. The Balaban J connectivity index is 2.03. The summed E-state index contributed by atoms with van der Waals surface area (Å²) in [6.07, 6.45) is 1.95. The summed E-state index contributed by atoms with van der Waals surface area (Å²) in [4.78, 5) is 22.4. The number of ether oxygens (including phenoxy) is 1. The first-order valence-electron chi connectivity index (χ1n) is 6.62. The van der Waals surface area contributed by atoms with Crippen LogP contribution in [0.15, 0.2) is 30.5 Å². The molecule has 2 aromatic rings. The molecule has 8 nitrogen and oxygen atoms in total. The molecule has 0 bridgehead atoms. The van der Waals surface area contributed by atoms with E-state index in [0.717, 1.165) is 5.69 Å². The molecule has 0 aliphatic rings. The Morgan fingerprint density at radius 3 is 2.82 bits per heavy atom. The second-order valence-electron chi connectivity index (χ2n) is 4.66. The molecule has 1 amide bonds. The molecule has 0 saturated carbocycles. The minimum Gasteiger partial charge on any atom is -0.496 e. The number of amides is 1. The van der Waals surface area contributed by atoms with Crippen molar-refractivity contribution in [3.05, 3.63) is 46.3 Å². The maximum Gasteiger partial charge on any atom is 0.296 e. The van der Waals surface area contributed by atoms with E-state index in [0.29, 0.717) is 12.3 Å². The van der Waals surface area contributed by atoms with Crippen LogP contribution in [0.5, 0.6) is 5.75 Å². The predicted molar refractivity (Wildman–Crippen MR) is 79.9 cm³/mol. The highest BCUT2D eigenvalue weighted by Gasteiger charge is 2.17. The highest BCUT2D eigenvalue weighted by atomic mass is 16.6. The second-order valence-corrected chi connectivity index (χ2v) is 4.66. The summed E-state index contributed by atoms with van der Waals surface area (Å²) in [5.74, 6) is 0.0399. The lowest BCUT2D eigenvalue weighted by Crippen LogP contribution is -2.15. The van der Waals surface area contributed by atoms with Gasteiger partial charge in [-0.1, -0.05) is 0 Å². The molecule has 0 atom stereocenters. The van der Waals surface area contributed by atoms with E-state index in [1.165, 1.54) is 19.2 Å². The standard InChI is InChI=1S/C14H16N4O4/c1-10-5-7-17(16-10)8-6-14(19)15-12-4-3-11(22-2)9-13(12)18(20)21/h3-5,7,9H,6,8H2,1-2H3,(H,15,19). The molecule has 0 fully saturated rings. The number of nitro benzene ring substituents is 1. The van der Waals surface area contributed by atoms with Crippen LogP contribution in [-0.2, 0) is 11.3 Å². The number of carbonyl (C=O) groups excluding carboxylic acids is 1. The van der Waals surface area contributed by atoms with Crippen molar-refractivity contribution in [2.75, 3.05) is 12.4 Å². The molecule has 2 rings (SSSR count). The third-order valence-electron chi connectivity index (χ3n) is 3.02. The Labute approximate surface area is 126 Å². The summed E-state index contributed by atoms with van der Waals surface area (Å²) in [5, 5.41) is 17.8. The number of rotatable bonds is 6. The minimum atomic E-state index is -0.561. The number of benzene rings is 1. The smallest absolute Gasteiger partial charge is 0.296 e. The zero-order chi connectivity index (χ0) is 16.1. The van der Waals surface area contributed by atoms with Crippen LogP contribution in [0.3, 0.4) is 0 Å². The Bertz CT molecular complexity index is 696. The van der Waals surface area contributed by atoms with Crippen LogP contribution in [0.2, 0.25) is 0 Å². The third kappa shape index (κ3) is 3.81. The van der Waals surface area contributed by atoms with Gasteiger partial charge in [0.05, 0.1) is 23.8 Å². The van der Waals surface area contributed by atoms with Gasteiger partial charge in [-0.15, -0.1) is 0 Å². The zero-order valence-corrected chi connectivity index (χ0v) is 12.3. The Morgan fingerprint density at radius 1 is 1.45 bits per heavy atom. The van der Waals surface area contributed by atoms with E-state index in [-0.39, 0.29) is 23.7 Å². The van der Waals surface area contributed by atoms with Gasteiger partial charge < -0.3 is 10.1 Å². The number of carbonyl (C=O) groups is 1. The van der Waals surface area contributed by atoms with Gasteiger partial charge in [0.2, 0.25) is 5.91 Å². The fourth-order valence-electron chi connectivity index (χ4n) is 1.91. The number of nitrogens with zero attached hydrogens (tertiary/aromatic N) is 3. The van der Waals surface area contributed by atoms with Gasteiger partial charge >= 0.3 is 0 Å². The second kappa shape index (κ2) is 6.70. The number of aryl methyl sites for hydroxylation is 2. The SMILES string of the molecule is COc1ccc(NC(=O)CCn2ccc(C)n2)c([N+](=O)[O-])c1. The van der Waals surface area contributed by atoms with Gasteiger partial charge in [-0.3, -0.25) is 19.6 Å². The van der Waals surface area contributed by atoms with Gasteiger partial charge in [0.25, 0.3) is 5.69 Å². The summed E-state index contributed by atoms with van der Waals surface area (Å²) in [6.45, 7) is 2.26. The van der Waals surface area contributed by atoms with Gasteiger partial charge in [-0.2, -0.15) is 5.10 Å². The van der Waals surface area contributed by atoms with E-state index in [1.807, 2.05) is 13.0 Å². The van der Waals surface area contributed by atoms with Gasteiger partial charge in [0, 0.05) is 19.2 Å². The maximum atomic E-state index is 11.9. The lowest BCUT2D eigenvalue weighted by molar-refractivity contribution is -0.384. The van der Waals surface area contributed by atoms with E-state index < -0.39 is 4.92 Å². The normalized spacial score (nSPS) is 10.3. The molecule has 1 N–H and O–H groups in total. The van der Waals surface area contributed by atoms with Crippen LogP contribution in [0, 0.1) is 17.0 Å². The van der Waals surface area contributed by atoms with E-state index in [9.17, 15) is 14.9 Å². The fourth-order valence-corrected chi connectivity index (χ4v) is 1.91. The van der Waals surface area contributed by atoms with Crippen LogP contribution >= 0.6 is 0 Å². The Kier molecular flexibility index (Phi) is 4.72. The predicted octanol–water partition coefficient (Wildman–Crippen LogP) is 2.14. The molecular weight excluding hydrogens is 288 g/mol. The largest absolute Gasteiger partial charge is 0.496 e. The molecule has 0 unspecified atom stereocenters. The van der Waals surface area contributed by atoms with Gasteiger partial charge in [-0.25, -0.2) is 0 Å². The van der Waals surface area contributed by atoms with Crippen molar-refractivity contribution in [3.8, 4) is 5.75 Å². The van der Waals surface area contributed by atoms with Crippen LogP contribution < -0.4 is 10.1 Å². The molecule has 22 heavy (non-hydrogen) atoms. The molecule has 116 valence electrons. The first-order chi connectivity index (χ1) is 10.5. The van der Waals surface area contributed by atoms with Crippen molar-refractivity contribution in [2.24, 2.45) is 0 Å². The number of hydrogen-bond acceptors (Lipinski definition) is 5. The van der Waals surface area contributed by atoms with Crippen molar-refractivity contribution in [3.63, 3.8) is 0 Å². The van der Waals surface area contributed by atoms with Crippen LogP contribution in [0.1, 0.15) is 12.1 Å². The topological polar surface area (TPSA) is 99.3 Å². The lowest BCUT2D eigenvalue weighted by Gasteiger charge is -2.07. The number of aromatic nitrogens is 2. The molecule has 8 heteroatoms. The summed E-state index contributed by atoms with van der Waals surface area (Å²) in [6, 6.07) is 6.12. The van der Waals surface area contributed by atoms with Crippen molar-refractivity contribution in [1.82, 2.24) is 9.78 Å². The quantitative estimate of drug-likeness (QED) is 0.651. The highest BCUT2D eigenvalue weighted by molar-refractivity contribution is 5.93. The first-order valence-corrected chi connectivity index (χ1v) is 6.62. The number of hydrogen-bond donors (Lipinski definition) is 1. The monoisotopic (exact) mass is 304 g/mol. The lowest BCUT2D eigenvalue weighted by atomic mass is 10.2. The molecule has 0 saturated heterocycles. The summed E-state index contributed by atoms with van der Waals surface area (Å²) in [7, 11) is 1.42. The van der Waals surface area contributed by atoms with Crippen molar-refractivity contribution < 1.29 is 14.5 Å². The van der Waals surface area contributed by atoms with Crippen molar-refractivity contribution >= 4 is 17.3 Å². The van der Waals surface area contributed by atoms with Crippen LogP contribution in [-0.4, -0.2) is 27.7 Å². The molecule has 0 aliphatic heterocycles. The molecule has 0 spiro atoms. The zero-order valence-electron chi connectivity index (χ0n) is 12.3. The van der Waals surface area contributed by atoms with Gasteiger partial charge in [-0.05, 0) is 25.1 Å². The van der Waals surface area contributed by atoms with Gasteiger partial charge in [0.15, 0.2) is 0 Å². The van der Waals surface area contributed by atoms with E-state index in [2.05, 4.69) is 10.4 Å². The number of nitrogens with one attached hydrogen (secondary N) is 1. The highest BCUT2D eigenvalue weighted by Crippen LogP contribution is 2.28. The molecule has 0 radical (unpaired) electrons. The average molecular weight is 304 g/mol. The maximum absolute atomic E-state index is 11.9. The first kappa shape index (κ1) is 15.5. The Hall–Kier alpha value is -2.90. The third-order valence-corrected chi connectivity index (χ3v) is 3.02. The average Bonchev–Trinajstić information content (AvgIpc) is 2.91. The Morgan fingerprint density at radius 2 is 2.23 bits per heavy atom. The van der Waals surface area contributed by atoms with Crippen molar-refractivity contribution in [1.29, 1.82) is 0 Å². The van der Waals surface area contributed by atoms with E-state index in [4.69, 9.17) is 4.74 Å². The summed E-state index contributed by atoms with van der Waals surface area (Å²) >= 11 is 0. The fraction of sp³-hybridized carbons (Fsp3) is 0.286. The number of anilines is 1. The molecule has 1 aromatic heterocycles. The van der Waals surface area contributed by atoms with Crippen LogP contribution in [0.4, 0.5) is 11.4 Å². The van der Waals surface area contributed by atoms with Gasteiger partial charge in [0.1, 0.15) is 11.4 Å². The summed E-state index contributed by atoms with van der Waals surface area (Å²) < 4.78 is 6.59. The van der Waals surface area contributed by atoms with Crippen LogP contribution in [0.25, 0.3) is 0 Å². The van der Waals surface area contributed by atoms with E-state index in [1.54, 1.807) is 16.9 Å². The summed E-state index contributed by atoms with van der Waals surface area (Å²) in [5.41, 5.74) is 0.807. The van der Waals surface area contributed by atoms with E-state index >= 15 is 0 Å². The number of methoxy groups -OCH3 is 1. The molecule has 1 aromatic carbocycles. The molecule has 1 heterocycles.